The van der Waals surface area contributed by atoms with Gasteiger partial charge in [-0.25, -0.2) is 0 Å². The first-order valence-electron chi connectivity index (χ1n) is 6.75. The molecule has 3 rings (SSSR count). The van der Waals surface area contributed by atoms with Crippen molar-refractivity contribution < 1.29 is 9.53 Å². The topological polar surface area (TPSA) is 38.3 Å². The van der Waals surface area contributed by atoms with E-state index < -0.39 is 0 Å². The van der Waals surface area contributed by atoms with Gasteiger partial charge in [-0.2, -0.15) is 0 Å². The van der Waals surface area contributed by atoms with E-state index in [1.165, 1.54) is 0 Å². The molecule has 0 amide bonds. The standard InChI is InChI=1S/C15H18ClNO2/c1-19-13-3-2-10(16)8-11(13)14(18)12-9-15(12)4-6-17-7-5-15/h2-3,8,12,17H,4-7,9H2,1H3. The molecule has 1 N–H and O–H groups in total. The van der Waals surface area contributed by atoms with Gasteiger partial charge in [0.1, 0.15) is 5.75 Å². The number of ether oxygens (including phenoxy) is 1. The Balaban J connectivity index is 1.83. The molecule has 1 spiro atoms. The van der Waals surface area contributed by atoms with Gasteiger partial charge >= 0.3 is 0 Å². The van der Waals surface area contributed by atoms with Crippen LogP contribution in [0.3, 0.4) is 0 Å². The number of rotatable bonds is 3. The van der Waals surface area contributed by atoms with Gasteiger partial charge in [0.15, 0.2) is 5.78 Å². The minimum absolute atomic E-state index is 0.155. The van der Waals surface area contributed by atoms with Crippen molar-refractivity contribution in [2.75, 3.05) is 20.2 Å². The summed E-state index contributed by atoms with van der Waals surface area (Å²) >= 11 is 6.00. The number of ketones is 1. The Hall–Kier alpha value is -1.06. The van der Waals surface area contributed by atoms with E-state index in [9.17, 15) is 4.79 Å². The fourth-order valence-corrected chi connectivity index (χ4v) is 3.43. The maximum absolute atomic E-state index is 12.7. The lowest BCUT2D eigenvalue weighted by Crippen LogP contribution is -2.30. The Morgan fingerprint density at radius 2 is 2.16 bits per heavy atom. The Morgan fingerprint density at radius 3 is 2.84 bits per heavy atom. The quantitative estimate of drug-likeness (QED) is 0.865. The molecule has 3 nitrogen and oxygen atoms in total. The molecule has 1 aliphatic carbocycles. The zero-order valence-electron chi connectivity index (χ0n) is 11.0. The Morgan fingerprint density at radius 1 is 1.42 bits per heavy atom. The average molecular weight is 280 g/mol. The van der Waals surface area contributed by atoms with Crippen LogP contribution in [0, 0.1) is 11.3 Å². The van der Waals surface area contributed by atoms with Crippen LogP contribution >= 0.6 is 11.6 Å². The number of benzene rings is 1. The summed E-state index contributed by atoms with van der Waals surface area (Å²) < 4.78 is 5.28. The number of carbonyl (C=O) groups excluding carboxylic acids is 1. The van der Waals surface area contributed by atoms with Gasteiger partial charge in [-0.3, -0.25) is 4.79 Å². The van der Waals surface area contributed by atoms with E-state index in [1.54, 1.807) is 25.3 Å². The molecule has 1 aliphatic heterocycles. The van der Waals surface area contributed by atoms with Gasteiger partial charge in [0.25, 0.3) is 0 Å². The lowest BCUT2D eigenvalue weighted by molar-refractivity contribution is 0.0937. The highest BCUT2D eigenvalue weighted by Crippen LogP contribution is 2.60. The predicted molar refractivity (Wildman–Crippen MR) is 75.0 cm³/mol. The highest BCUT2D eigenvalue weighted by Gasteiger charge is 2.57. The molecule has 0 radical (unpaired) electrons. The summed E-state index contributed by atoms with van der Waals surface area (Å²) in [5.74, 6) is 0.980. The third-order valence-electron chi connectivity index (χ3n) is 4.53. The molecule has 1 heterocycles. The van der Waals surface area contributed by atoms with Gasteiger partial charge in [-0.1, -0.05) is 11.6 Å². The van der Waals surface area contributed by atoms with E-state index in [4.69, 9.17) is 16.3 Å². The molecule has 1 unspecified atom stereocenters. The Bertz CT molecular complexity index is 509. The van der Waals surface area contributed by atoms with Crippen molar-refractivity contribution >= 4 is 17.4 Å². The number of methoxy groups -OCH3 is 1. The Kier molecular flexibility index (Phi) is 3.27. The highest BCUT2D eigenvalue weighted by atomic mass is 35.5. The monoisotopic (exact) mass is 279 g/mol. The van der Waals surface area contributed by atoms with Gasteiger partial charge < -0.3 is 10.1 Å². The van der Waals surface area contributed by atoms with Crippen LogP contribution in [-0.4, -0.2) is 26.0 Å². The predicted octanol–water partition coefficient (Wildman–Crippen LogP) is 2.92. The SMILES string of the molecule is COc1ccc(Cl)cc1C(=O)C1CC12CCNCC2. The first-order valence-corrected chi connectivity index (χ1v) is 7.12. The molecular weight excluding hydrogens is 262 g/mol. The molecule has 1 aromatic carbocycles. The van der Waals surface area contributed by atoms with Gasteiger partial charge in [0, 0.05) is 10.9 Å². The van der Waals surface area contributed by atoms with E-state index in [0.717, 1.165) is 32.4 Å². The van der Waals surface area contributed by atoms with Gasteiger partial charge in [0.2, 0.25) is 0 Å². The van der Waals surface area contributed by atoms with Crippen molar-refractivity contribution in [3.63, 3.8) is 0 Å². The van der Waals surface area contributed by atoms with Crippen molar-refractivity contribution in [2.24, 2.45) is 11.3 Å². The molecule has 2 aliphatic rings. The van der Waals surface area contributed by atoms with Gasteiger partial charge in [-0.05, 0) is 56.0 Å². The second-order valence-electron chi connectivity index (χ2n) is 5.58. The van der Waals surface area contributed by atoms with E-state index in [0.29, 0.717) is 16.3 Å². The summed E-state index contributed by atoms with van der Waals surface area (Å²) in [6, 6.07) is 5.26. The normalized spacial score (nSPS) is 24.2. The van der Waals surface area contributed by atoms with Crippen molar-refractivity contribution in [3.05, 3.63) is 28.8 Å². The van der Waals surface area contributed by atoms with Crippen molar-refractivity contribution in [1.82, 2.24) is 5.32 Å². The third kappa shape index (κ3) is 2.26. The smallest absolute Gasteiger partial charge is 0.170 e. The Labute approximate surface area is 118 Å². The molecule has 1 saturated heterocycles. The number of hydrogen-bond donors (Lipinski definition) is 1. The fourth-order valence-electron chi connectivity index (χ4n) is 3.26. The van der Waals surface area contributed by atoms with Crippen LogP contribution in [0.2, 0.25) is 5.02 Å². The molecular formula is C15H18ClNO2. The lowest BCUT2D eigenvalue weighted by Gasteiger charge is -2.23. The molecule has 2 fully saturated rings. The minimum atomic E-state index is 0.155. The van der Waals surface area contributed by atoms with E-state index >= 15 is 0 Å². The largest absolute Gasteiger partial charge is 0.496 e. The molecule has 1 aromatic rings. The van der Waals surface area contributed by atoms with E-state index in [2.05, 4.69) is 5.32 Å². The molecule has 0 bridgehead atoms. The maximum Gasteiger partial charge on any atom is 0.170 e. The first kappa shape index (κ1) is 12.9. The van der Waals surface area contributed by atoms with Crippen LogP contribution in [0.5, 0.6) is 5.75 Å². The summed E-state index contributed by atoms with van der Waals surface area (Å²) in [6.07, 6.45) is 3.22. The zero-order chi connectivity index (χ0) is 13.5. The molecule has 4 heteroatoms. The number of carbonyl (C=O) groups is 1. The summed E-state index contributed by atoms with van der Waals surface area (Å²) in [4.78, 5) is 12.7. The highest BCUT2D eigenvalue weighted by molar-refractivity contribution is 6.31. The number of halogens is 1. The summed E-state index contributed by atoms with van der Waals surface area (Å²) in [5.41, 5.74) is 0.880. The number of piperidine rings is 1. The molecule has 1 saturated carbocycles. The summed E-state index contributed by atoms with van der Waals surface area (Å²) in [5, 5.41) is 3.94. The van der Waals surface area contributed by atoms with Crippen molar-refractivity contribution in [3.8, 4) is 5.75 Å². The first-order chi connectivity index (χ1) is 9.16. The molecule has 1 atom stereocenters. The third-order valence-corrected chi connectivity index (χ3v) is 4.77. The summed E-state index contributed by atoms with van der Waals surface area (Å²) in [6.45, 7) is 2.05. The molecule has 102 valence electrons. The second kappa shape index (κ2) is 4.80. The van der Waals surface area contributed by atoms with Gasteiger partial charge in [0.05, 0.1) is 12.7 Å². The second-order valence-corrected chi connectivity index (χ2v) is 6.01. The van der Waals surface area contributed by atoms with Crippen molar-refractivity contribution in [1.29, 1.82) is 0 Å². The average Bonchev–Trinajstić information content (AvgIpc) is 3.12. The van der Waals surface area contributed by atoms with E-state index in [1.807, 2.05) is 0 Å². The number of hydrogen-bond acceptors (Lipinski definition) is 3. The fraction of sp³-hybridized carbons (Fsp3) is 0.533. The van der Waals surface area contributed by atoms with Crippen LogP contribution in [-0.2, 0) is 0 Å². The maximum atomic E-state index is 12.7. The summed E-state index contributed by atoms with van der Waals surface area (Å²) in [7, 11) is 1.59. The van der Waals surface area contributed by atoms with Crippen LogP contribution in [0.4, 0.5) is 0 Å². The van der Waals surface area contributed by atoms with Crippen LogP contribution in [0.25, 0.3) is 0 Å². The molecule has 0 aromatic heterocycles. The van der Waals surface area contributed by atoms with Crippen LogP contribution in [0.15, 0.2) is 18.2 Å². The number of nitrogens with one attached hydrogen (secondary N) is 1. The lowest BCUT2D eigenvalue weighted by atomic mass is 9.89. The molecule has 19 heavy (non-hydrogen) atoms. The van der Waals surface area contributed by atoms with Crippen molar-refractivity contribution in [2.45, 2.75) is 19.3 Å². The number of Topliss-reactive ketones (excluding diaryl/α,β-unsaturated/α-hetero) is 1. The van der Waals surface area contributed by atoms with E-state index in [-0.39, 0.29) is 17.1 Å². The zero-order valence-corrected chi connectivity index (χ0v) is 11.8. The van der Waals surface area contributed by atoms with Crippen LogP contribution < -0.4 is 10.1 Å². The van der Waals surface area contributed by atoms with Crippen LogP contribution in [0.1, 0.15) is 29.6 Å². The minimum Gasteiger partial charge on any atom is -0.496 e. The van der Waals surface area contributed by atoms with Gasteiger partial charge in [-0.15, -0.1) is 0 Å².